The van der Waals surface area contributed by atoms with Crippen LogP contribution in [0.3, 0.4) is 0 Å². The zero-order valence-electron chi connectivity index (χ0n) is 18.9. The zero-order chi connectivity index (χ0) is 24.1. The number of nitrogens with one attached hydrogen (secondary N) is 2. The second-order valence-corrected chi connectivity index (χ2v) is 11.1. The molecule has 4 aliphatic rings. The lowest BCUT2D eigenvalue weighted by molar-refractivity contribution is -0.137. The van der Waals surface area contributed by atoms with E-state index in [-0.39, 0.29) is 23.6 Å². The summed E-state index contributed by atoms with van der Waals surface area (Å²) in [5.74, 6) is -1.34. The van der Waals surface area contributed by atoms with Crippen LogP contribution in [0.15, 0.2) is 53.9 Å². The number of anilines is 2. The van der Waals surface area contributed by atoms with Gasteiger partial charge in [-0.25, -0.2) is 0 Å². The van der Waals surface area contributed by atoms with Crippen LogP contribution in [0.2, 0.25) is 5.02 Å². The average Bonchev–Trinajstić information content (AvgIpc) is 3.65. The number of hydrogen-bond acceptors (Lipinski definition) is 5. The molecular formula is C27H22ClN3O3S. The lowest BCUT2D eigenvalue weighted by atomic mass is 9.57. The van der Waals surface area contributed by atoms with Gasteiger partial charge in [0.1, 0.15) is 11.0 Å². The van der Waals surface area contributed by atoms with Crippen LogP contribution < -0.4 is 10.6 Å². The second-order valence-electron chi connectivity index (χ2n) is 9.79. The SMILES string of the molecule is Cc1c(Cl)ccc2c1NC(=O)[C@]21N2CCC[C@H]2[C@@H](C(=O)c2cccs2)[C@]12C(=O)Nc1ccccc12. The summed E-state index contributed by atoms with van der Waals surface area (Å²) in [4.78, 5) is 45.8. The normalized spacial score (nSPS) is 30.5. The summed E-state index contributed by atoms with van der Waals surface area (Å²) in [6.07, 6.45) is 1.60. The van der Waals surface area contributed by atoms with Crippen molar-refractivity contribution in [3.05, 3.63) is 80.5 Å². The Balaban J connectivity index is 1.62. The van der Waals surface area contributed by atoms with Crippen molar-refractivity contribution in [1.29, 1.82) is 0 Å². The summed E-state index contributed by atoms with van der Waals surface area (Å²) in [5.41, 5.74) is 0.746. The van der Waals surface area contributed by atoms with Crippen molar-refractivity contribution in [2.45, 2.75) is 36.8 Å². The van der Waals surface area contributed by atoms with E-state index in [2.05, 4.69) is 15.5 Å². The van der Waals surface area contributed by atoms with Crippen molar-refractivity contribution >= 4 is 51.9 Å². The van der Waals surface area contributed by atoms with E-state index < -0.39 is 16.9 Å². The van der Waals surface area contributed by atoms with E-state index in [1.54, 1.807) is 6.07 Å². The molecule has 6 nitrogen and oxygen atoms in total. The molecule has 0 radical (unpaired) electrons. The summed E-state index contributed by atoms with van der Waals surface area (Å²) in [7, 11) is 0. The van der Waals surface area contributed by atoms with E-state index in [0.29, 0.717) is 33.4 Å². The number of fused-ring (bicyclic) bond motifs is 7. The molecule has 5 heterocycles. The number of para-hydroxylation sites is 1. The maximum absolute atomic E-state index is 14.3. The predicted octanol–water partition coefficient (Wildman–Crippen LogP) is 4.72. The highest BCUT2D eigenvalue weighted by molar-refractivity contribution is 7.12. The molecule has 176 valence electrons. The van der Waals surface area contributed by atoms with E-state index in [1.165, 1.54) is 11.3 Å². The summed E-state index contributed by atoms with van der Waals surface area (Å²) in [5, 5.41) is 8.58. The van der Waals surface area contributed by atoms with Crippen molar-refractivity contribution in [3.63, 3.8) is 0 Å². The molecule has 2 spiro atoms. The number of carbonyl (C=O) groups excluding carboxylic acids is 3. The zero-order valence-corrected chi connectivity index (χ0v) is 20.5. The third-order valence-electron chi connectivity index (χ3n) is 8.51. The molecule has 2 fully saturated rings. The van der Waals surface area contributed by atoms with E-state index in [1.807, 2.05) is 54.8 Å². The summed E-state index contributed by atoms with van der Waals surface area (Å²) in [6, 6.07) is 14.6. The lowest BCUT2D eigenvalue weighted by Gasteiger charge is -2.43. The first-order chi connectivity index (χ1) is 16.9. The molecule has 0 unspecified atom stereocenters. The monoisotopic (exact) mass is 503 g/mol. The molecule has 2 amide bonds. The Morgan fingerprint density at radius 2 is 1.89 bits per heavy atom. The molecule has 0 bridgehead atoms. The van der Waals surface area contributed by atoms with Crippen LogP contribution in [0.4, 0.5) is 11.4 Å². The van der Waals surface area contributed by atoms with Gasteiger partial charge >= 0.3 is 0 Å². The second kappa shape index (κ2) is 7.03. The molecule has 35 heavy (non-hydrogen) atoms. The quantitative estimate of drug-likeness (QED) is 0.496. The highest BCUT2D eigenvalue weighted by atomic mass is 35.5. The van der Waals surface area contributed by atoms with Gasteiger partial charge in [0.05, 0.1) is 16.5 Å². The number of rotatable bonds is 2. The van der Waals surface area contributed by atoms with Crippen molar-refractivity contribution in [2.24, 2.45) is 5.92 Å². The fourth-order valence-corrected chi connectivity index (χ4v) is 8.20. The summed E-state index contributed by atoms with van der Waals surface area (Å²) in [6.45, 7) is 2.51. The molecule has 2 N–H and O–H groups in total. The van der Waals surface area contributed by atoms with Crippen molar-refractivity contribution in [3.8, 4) is 0 Å². The van der Waals surface area contributed by atoms with Gasteiger partial charge in [-0.15, -0.1) is 11.3 Å². The van der Waals surface area contributed by atoms with Gasteiger partial charge in [-0.2, -0.15) is 0 Å². The molecule has 8 heteroatoms. The van der Waals surface area contributed by atoms with Crippen LogP contribution >= 0.6 is 22.9 Å². The van der Waals surface area contributed by atoms with E-state index >= 15 is 0 Å². The highest BCUT2D eigenvalue weighted by Crippen LogP contribution is 2.68. The van der Waals surface area contributed by atoms with E-state index in [4.69, 9.17) is 11.6 Å². The van der Waals surface area contributed by atoms with Gasteiger partial charge in [-0.3, -0.25) is 19.3 Å². The minimum Gasteiger partial charge on any atom is -0.325 e. The number of Topliss-reactive ketones (excluding diaryl/α,β-unsaturated/α-hetero) is 1. The first-order valence-electron chi connectivity index (χ1n) is 11.8. The van der Waals surface area contributed by atoms with E-state index in [0.717, 1.165) is 24.0 Å². The largest absolute Gasteiger partial charge is 0.325 e. The average molecular weight is 504 g/mol. The molecule has 4 aliphatic heterocycles. The fraction of sp³-hybridized carbons (Fsp3) is 0.296. The predicted molar refractivity (Wildman–Crippen MR) is 135 cm³/mol. The van der Waals surface area contributed by atoms with Gasteiger partial charge in [0, 0.05) is 22.3 Å². The molecule has 0 saturated carbocycles. The van der Waals surface area contributed by atoms with Crippen molar-refractivity contribution < 1.29 is 14.4 Å². The number of nitrogens with zero attached hydrogens (tertiary/aromatic N) is 1. The van der Waals surface area contributed by atoms with Gasteiger partial charge in [-0.1, -0.05) is 41.9 Å². The lowest BCUT2D eigenvalue weighted by Crippen LogP contribution is -2.62. The summed E-state index contributed by atoms with van der Waals surface area (Å²) < 4.78 is 0. The van der Waals surface area contributed by atoms with Gasteiger partial charge in [0.15, 0.2) is 5.78 Å². The smallest absolute Gasteiger partial charge is 0.251 e. The number of thiophene rings is 1. The number of carbonyl (C=O) groups is 3. The standard InChI is InChI=1S/C27H22ClN3O3S/c1-14-17(28)11-10-16-22(14)30-25(34)27(16)26(15-6-2-3-7-18(15)29-24(26)33)21(19-8-4-12-31(19)27)23(32)20-9-5-13-35-20/h2-3,5-7,9-11,13,19,21H,4,8,12H2,1H3,(H,29,33)(H,30,34)/t19-,21-,26+,27+/m0/s1. The fourth-order valence-electron chi connectivity index (χ4n) is 7.34. The Bertz CT molecular complexity index is 1450. The maximum Gasteiger partial charge on any atom is 0.251 e. The highest BCUT2D eigenvalue weighted by Gasteiger charge is 2.81. The summed E-state index contributed by atoms with van der Waals surface area (Å²) >= 11 is 7.84. The van der Waals surface area contributed by atoms with Gasteiger partial charge in [0.2, 0.25) is 5.91 Å². The number of amides is 2. The first-order valence-corrected chi connectivity index (χ1v) is 13.1. The molecule has 2 aromatic carbocycles. The van der Waals surface area contributed by atoms with E-state index in [9.17, 15) is 14.4 Å². The Morgan fingerprint density at radius 3 is 2.69 bits per heavy atom. The van der Waals surface area contributed by atoms with Crippen LogP contribution in [-0.4, -0.2) is 35.1 Å². The van der Waals surface area contributed by atoms with Crippen LogP contribution in [0.25, 0.3) is 0 Å². The minimum atomic E-state index is -1.41. The van der Waals surface area contributed by atoms with Gasteiger partial charge in [-0.05, 0) is 61.0 Å². The number of halogens is 1. The Labute approximate surface area is 211 Å². The minimum absolute atomic E-state index is 0.0763. The topological polar surface area (TPSA) is 78.5 Å². The third kappa shape index (κ3) is 2.28. The molecule has 4 atom stereocenters. The maximum atomic E-state index is 14.3. The molecule has 2 saturated heterocycles. The van der Waals surface area contributed by atoms with Crippen LogP contribution in [0, 0.1) is 12.8 Å². The molecule has 0 aliphatic carbocycles. The molecule has 3 aromatic rings. The van der Waals surface area contributed by atoms with Crippen LogP contribution in [0.5, 0.6) is 0 Å². The van der Waals surface area contributed by atoms with Gasteiger partial charge in [0.25, 0.3) is 5.91 Å². The first kappa shape index (κ1) is 21.3. The number of hydrogen-bond donors (Lipinski definition) is 2. The molecule has 1 aromatic heterocycles. The van der Waals surface area contributed by atoms with Gasteiger partial charge < -0.3 is 10.6 Å². The number of ketones is 1. The molecule has 7 rings (SSSR count). The third-order valence-corrected chi connectivity index (χ3v) is 9.81. The van der Waals surface area contributed by atoms with Crippen LogP contribution in [0.1, 0.15) is 39.2 Å². The number of benzene rings is 2. The Morgan fingerprint density at radius 1 is 1.06 bits per heavy atom. The van der Waals surface area contributed by atoms with Crippen LogP contribution in [-0.2, 0) is 20.5 Å². The Kier molecular flexibility index (Phi) is 4.28. The Hall–Kier alpha value is -3.00. The van der Waals surface area contributed by atoms with Crippen molar-refractivity contribution in [1.82, 2.24) is 4.90 Å². The van der Waals surface area contributed by atoms with Crippen molar-refractivity contribution in [2.75, 3.05) is 17.2 Å². The molecular weight excluding hydrogens is 482 g/mol.